The Bertz CT molecular complexity index is 900. The van der Waals surface area contributed by atoms with Gasteiger partial charge in [0.25, 0.3) is 5.69 Å². The number of hydrogen-bond donors (Lipinski definition) is 0. The van der Waals surface area contributed by atoms with E-state index < -0.39 is 4.92 Å². The summed E-state index contributed by atoms with van der Waals surface area (Å²) in [5.41, 5.74) is 1.17. The highest BCUT2D eigenvalue weighted by Gasteiger charge is 2.25. The van der Waals surface area contributed by atoms with Crippen LogP contribution in [0.15, 0.2) is 48.5 Å². The van der Waals surface area contributed by atoms with Gasteiger partial charge < -0.3 is 9.64 Å². The fraction of sp³-hybridized carbons (Fsp3) is 0.333. The number of nitro benzene ring substituents is 1. The first-order valence-electron chi connectivity index (χ1n) is 9.42. The highest BCUT2D eigenvalue weighted by Crippen LogP contribution is 2.31. The molecule has 29 heavy (non-hydrogen) atoms. The number of carbonyl (C=O) groups excluding carboxylic acids is 2. The SMILES string of the molecule is COC(=O)CN1CCCN(c2ccc(C(=O)c3ccccc3)cc2[N+](=O)[O-])CC1. The maximum Gasteiger partial charge on any atom is 0.319 e. The van der Waals surface area contributed by atoms with E-state index >= 15 is 0 Å². The Morgan fingerprint density at radius 3 is 2.48 bits per heavy atom. The predicted octanol–water partition coefficient (Wildman–Crippen LogP) is 2.51. The average molecular weight is 397 g/mol. The lowest BCUT2D eigenvalue weighted by Gasteiger charge is -2.23. The van der Waals surface area contributed by atoms with Gasteiger partial charge in [-0.2, -0.15) is 0 Å². The monoisotopic (exact) mass is 397 g/mol. The Balaban J connectivity index is 1.81. The van der Waals surface area contributed by atoms with Gasteiger partial charge in [-0.05, 0) is 18.6 Å². The predicted molar refractivity (Wildman–Crippen MR) is 108 cm³/mol. The molecule has 1 aliphatic heterocycles. The molecule has 0 atom stereocenters. The lowest BCUT2D eigenvalue weighted by molar-refractivity contribution is -0.384. The molecule has 1 saturated heterocycles. The molecule has 8 nitrogen and oxygen atoms in total. The topological polar surface area (TPSA) is 93.0 Å². The van der Waals surface area contributed by atoms with Gasteiger partial charge in [0.05, 0.1) is 18.6 Å². The molecule has 0 saturated carbocycles. The first-order chi connectivity index (χ1) is 14.0. The third kappa shape index (κ3) is 4.97. The molecular weight excluding hydrogens is 374 g/mol. The number of ketones is 1. The van der Waals surface area contributed by atoms with Gasteiger partial charge in [0.15, 0.2) is 5.78 Å². The van der Waals surface area contributed by atoms with Crippen LogP contribution >= 0.6 is 0 Å². The number of anilines is 1. The maximum atomic E-state index is 12.7. The molecule has 3 rings (SSSR count). The van der Waals surface area contributed by atoms with Gasteiger partial charge >= 0.3 is 5.97 Å². The van der Waals surface area contributed by atoms with E-state index in [9.17, 15) is 19.7 Å². The van der Waals surface area contributed by atoms with Crippen LogP contribution in [0.5, 0.6) is 0 Å². The van der Waals surface area contributed by atoms with Crippen molar-refractivity contribution in [3.05, 3.63) is 69.8 Å². The number of ether oxygens (including phenoxy) is 1. The minimum atomic E-state index is -0.450. The average Bonchev–Trinajstić information content (AvgIpc) is 2.98. The van der Waals surface area contributed by atoms with E-state index in [1.165, 1.54) is 13.2 Å². The van der Waals surface area contributed by atoms with Crippen molar-refractivity contribution in [2.75, 3.05) is 44.7 Å². The van der Waals surface area contributed by atoms with Crippen LogP contribution in [-0.2, 0) is 9.53 Å². The third-order valence-electron chi connectivity index (χ3n) is 4.98. The first kappa shape index (κ1) is 20.5. The van der Waals surface area contributed by atoms with Crippen molar-refractivity contribution in [2.24, 2.45) is 0 Å². The van der Waals surface area contributed by atoms with Crippen LogP contribution in [0.1, 0.15) is 22.3 Å². The van der Waals surface area contributed by atoms with Crippen molar-refractivity contribution in [2.45, 2.75) is 6.42 Å². The van der Waals surface area contributed by atoms with Crippen LogP contribution in [-0.4, -0.2) is 61.4 Å². The second kappa shape index (κ2) is 9.29. The zero-order valence-electron chi connectivity index (χ0n) is 16.2. The summed E-state index contributed by atoms with van der Waals surface area (Å²) in [6.07, 6.45) is 0.763. The van der Waals surface area contributed by atoms with Gasteiger partial charge in [0.1, 0.15) is 5.69 Å². The lowest BCUT2D eigenvalue weighted by atomic mass is 10.0. The van der Waals surface area contributed by atoms with Crippen LogP contribution in [0.25, 0.3) is 0 Å². The van der Waals surface area contributed by atoms with Gasteiger partial charge in [0, 0.05) is 43.4 Å². The number of rotatable bonds is 6. The molecule has 0 aliphatic carbocycles. The standard InChI is InChI=1S/C21H23N3O5/c1-29-20(25)15-22-10-5-11-23(13-12-22)18-9-8-17(14-19(18)24(27)28)21(26)16-6-3-2-4-7-16/h2-4,6-9,14H,5,10-13,15H2,1H3. The van der Waals surface area contributed by atoms with Crippen LogP contribution in [0.3, 0.4) is 0 Å². The van der Waals surface area contributed by atoms with E-state index in [0.717, 1.165) is 6.42 Å². The van der Waals surface area contributed by atoms with Crippen LogP contribution in [0.4, 0.5) is 11.4 Å². The van der Waals surface area contributed by atoms with E-state index in [1.807, 2.05) is 15.9 Å². The summed E-state index contributed by atoms with van der Waals surface area (Å²) in [4.78, 5) is 39.3. The Morgan fingerprint density at radius 1 is 1.03 bits per heavy atom. The molecule has 1 fully saturated rings. The minimum absolute atomic E-state index is 0.0896. The molecule has 2 aromatic carbocycles. The molecule has 1 aliphatic rings. The normalized spacial score (nSPS) is 14.9. The van der Waals surface area contributed by atoms with Gasteiger partial charge in [0.2, 0.25) is 0 Å². The molecule has 2 aromatic rings. The van der Waals surface area contributed by atoms with Crippen molar-refractivity contribution >= 4 is 23.1 Å². The molecule has 0 spiro atoms. The fourth-order valence-corrected chi connectivity index (χ4v) is 3.45. The minimum Gasteiger partial charge on any atom is -0.468 e. The second-order valence-electron chi connectivity index (χ2n) is 6.85. The molecule has 0 unspecified atom stereocenters. The van der Waals surface area contributed by atoms with Gasteiger partial charge in [-0.1, -0.05) is 30.3 Å². The fourth-order valence-electron chi connectivity index (χ4n) is 3.45. The van der Waals surface area contributed by atoms with Gasteiger partial charge in [-0.25, -0.2) is 0 Å². The molecule has 0 amide bonds. The smallest absolute Gasteiger partial charge is 0.319 e. The summed E-state index contributed by atoms with van der Waals surface area (Å²) >= 11 is 0. The number of nitrogens with zero attached hydrogens (tertiary/aromatic N) is 3. The third-order valence-corrected chi connectivity index (χ3v) is 4.98. The van der Waals surface area contributed by atoms with Gasteiger partial charge in [-0.3, -0.25) is 24.6 Å². The number of benzene rings is 2. The quantitative estimate of drug-likeness (QED) is 0.320. The van der Waals surface area contributed by atoms with E-state index in [-0.39, 0.29) is 29.5 Å². The van der Waals surface area contributed by atoms with Crippen molar-refractivity contribution in [3.63, 3.8) is 0 Å². The van der Waals surface area contributed by atoms with Crippen LogP contribution in [0, 0.1) is 10.1 Å². The van der Waals surface area contributed by atoms with Gasteiger partial charge in [-0.15, -0.1) is 0 Å². The summed E-state index contributed by atoms with van der Waals surface area (Å²) < 4.78 is 4.71. The Labute approximate surface area is 168 Å². The van der Waals surface area contributed by atoms with Crippen LogP contribution in [0.2, 0.25) is 0 Å². The molecule has 1 heterocycles. The largest absolute Gasteiger partial charge is 0.468 e. The molecule has 8 heteroatoms. The zero-order chi connectivity index (χ0) is 20.8. The summed E-state index contributed by atoms with van der Waals surface area (Å²) in [5.74, 6) is -0.548. The highest BCUT2D eigenvalue weighted by atomic mass is 16.6. The summed E-state index contributed by atoms with van der Waals surface area (Å²) in [6, 6.07) is 13.3. The number of esters is 1. The number of nitro groups is 1. The first-order valence-corrected chi connectivity index (χ1v) is 9.42. The Kier molecular flexibility index (Phi) is 6.56. The number of hydrogen-bond acceptors (Lipinski definition) is 7. The molecule has 152 valence electrons. The highest BCUT2D eigenvalue weighted by molar-refractivity contribution is 6.09. The molecular formula is C21H23N3O5. The molecule has 0 bridgehead atoms. The number of methoxy groups -OCH3 is 1. The summed E-state index contributed by atoms with van der Waals surface area (Å²) in [5, 5.41) is 11.7. The Hall–Kier alpha value is -3.26. The van der Waals surface area contributed by atoms with Crippen LogP contribution < -0.4 is 4.90 Å². The van der Waals surface area contributed by atoms with E-state index in [2.05, 4.69) is 0 Å². The molecule has 0 radical (unpaired) electrons. The van der Waals surface area contributed by atoms with E-state index in [4.69, 9.17) is 4.74 Å². The van der Waals surface area contributed by atoms with E-state index in [0.29, 0.717) is 37.4 Å². The molecule has 0 aromatic heterocycles. The van der Waals surface area contributed by atoms with E-state index in [1.54, 1.807) is 36.4 Å². The molecule has 0 N–H and O–H groups in total. The lowest BCUT2D eigenvalue weighted by Crippen LogP contribution is -2.34. The maximum absolute atomic E-state index is 12.7. The second-order valence-corrected chi connectivity index (χ2v) is 6.85. The van der Waals surface area contributed by atoms with Crippen molar-refractivity contribution in [1.29, 1.82) is 0 Å². The van der Waals surface area contributed by atoms with Crippen molar-refractivity contribution in [1.82, 2.24) is 4.90 Å². The van der Waals surface area contributed by atoms with Crippen molar-refractivity contribution in [3.8, 4) is 0 Å². The Morgan fingerprint density at radius 2 is 1.79 bits per heavy atom. The zero-order valence-corrected chi connectivity index (χ0v) is 16.2. The summed E-state index contributed by atoms with van der Waals surface area (Å²) in [7, 11) is 1.36. The van der Waals surface area contributed by atoms with Crippen molar-refractivity contribution < 1.29 is 19.2 Å². The summed E-state index contributed by atoms with van der Waals surface area (Å²) in [6.45, 7) is 2.69. The number of carbonyl (C=O) groups is 2.